The van der Waals surface area contributed by atoms with Crippen LogP contribution in [0.5, 0.6) is 0 Å². The standard InChI is InChI=1S/C35H39ClFN5O3S/c1-22-5-12-27(13-6-22)41-33(21-32(40-41)35(2,3)4)39-34(43)38-26-10-7-23(8-11-26)17-24-18-28-14-15-29(19-24)42(28)46(44,45)31-16-9-25(37)20-30(31)36/h5-13,16,20-21,24,28-29H,14-15,17-19H2,1-4H3,(H2,38,39,43). The molecule has 2 fully saturated rings. The van der Waals surface area contributed by atoms with Gasteiger partial charge in [0.1, 0.15) is 16.5 Å². The highest BCUT2D eigenvalue weighted by Crippen LogP contribution is 2.44. The van der Waals surface area contributed by atoms with Crippen LogP contribution in [0, 0.1) is 18.7 Å². The minimum Gasteiger partial charge on any atom is -0.308 e. The molecule has 0 aliphatic carbocycles. The first-order chi connectivity index (χ1) is 21.8. The largest absolute Gasteiger partial charge is 0.324 e. The molecule has 46 heavy (non-hydrogen) atoms. The highest BCUT2D eigenvalue weighted by molar-refractivity contribution is 7.89. The fourth-order valence-corrected chi connectivity index (χ4v) is 9.06. The number of amides is 2. The second-order valence-electron chi connectivity index (χ2n) is 13.5. The molecule has 11 heteroatoms. The molecule has 2 saturated heterocycles. The van der Waals surface area contributed by atoms with Crippen LogP contribution in [0.25, 0.3) is 5.69 Å². The number of sulfonamides is 1. The Morgan fingerprint density at radius 2 is 1.61 bits per heavy atom. The number of hydrogen-bond acceptors (Lipinski definition) is 4. The van der Waals surface area contributed by atoms with Gasteiger partial charge in [-0.1, -0.05) is 62.2 Å². The number of benzene rings is 3. The number of hydrogen-bond donors (Lipinski definition) is 2. The van der Waals surface area contributed by atoms with Gasteiger partial charge in [-0.15, -0.1) is 0 Å². The van der Waals surface area contributed by atoms with Gasteiger partial charge in [0.25, 0.3) is 0 Å². The third-order valence-corrected chi connectivity index (χ3v) is 11.4. The second kappa shape index (κ2) is 12.5. The maximum atomic E-state index is 13.6. The molecule has 2 bridgehead atoms. The number of halogens is 2. The van der Waals surface area contributed by atoms with Crippen LogP contribution in [-0.2, 0) is 21.9 Å². The fourth-order valence-electron chi connectivity index (χ4n) is 6.66. The normalized spacial score (nSPS) is 20.1. The molecule has 2 aliphatic rings. The average Bonchev–Trinajstić information content (AvgIpc) is 3.53. The Labute approximate surface area is 275 Å². The van der Waals surface area contributed by atoms with Crippen molar-refractivity contribution in [1.29, 1.82) is 0 Å². The third-order valence-electron chi connectivity index (χ3n) is 8.95. The van der Waals surface area contributed by atoms with Gasteiger partial charge in [0, 0.05) is 29.3 Å². The molecule has 4 aromatic rings. The van der Waals surface area contributed by atoms with Crippen molar-refractivity contribution in [2.75, 3.05) is 10.6 Å². The Morgan fingerprint density at radius 1 is 0.957 bits per heavy atom. The zero-order valence-corrected chi connectivity index (χ0v) is 28.0. The Kier molecular flexibility index (Phi) is 8.73. The number of aryl methyl sites for hydroxylation is 1. The lowest BCUT2D eigenvalue weighted by Crippen LogP contribution is -2.46. The predicted octanol–water partition coefficient (Wildman–Crippen LogP) is 8.09. The smallest absolute Gasteiger partial charge is 0.308 e. The molecule has 2 amide bonds. The number of urea groups is 1. The van der Waals surface area contributed by atoms with E-state index in [1.54, 1.807) is 8.99 Å². The zero-order chi connectivity index (χ0) is 32.8. The monoisotopic (exact) mass is 663 g/mol. The van der Waals surface area contributed by atoms with E-state index >= 15 is 0 Å². The van der Waals surface area contributed by atoms with E-state index in [2.05, 4.69) is 31.4 Å². The van der Waals surface area contributed by atoms with Gasteiger partial charge in [0.05, 0.1) is 16.4 Å². The Hall–Kier alpha value is -3.73. The van der Waals surface area contributed by atoms with Crippen LogP contribution in [0.1, 0.15) is 63.3 Å². The lowest BCUT2D eigenvalue weighted by Gasteiger charge is -2.38. The van der Waals surface area contributed by atoms with Crippen LogP contribution in [0.3, 0.4) is 0 Å². The maximum Gasteiger partial charge on any atom is 0.324 e. The van der Waals surface area contributed by atoms with Crippen molar-refractivity contribution in [3.05, 3.63) is 100 Å². The van der Waals surface area contributed by atoms with Crippen molar-refractivity contribution in [2.24, 2.45) is 5.92 Å². The topological polar surface area (TPSA) is 96.3 Å². The number of rotatable bonds is 7. The van der Waals surface area contributed by atoms with E-state index in [4.69, 9.17) is 16.7 Å². The van der Waals surface area contributed by atoms with Crippen molar-refractivity contribution < 1.29 is 17.6 Å². The number of nitrogens with one attached hydrogen (secondary N) is 2. The molecule has 6 rings (SSSR count). The summed E-state index contributed by atoms with van der Waals surface area (Å²) in [6.45, 7) is 8.28. The fraction of sp³-hybridized carbons (Fsp3) is 0.371. The van der Waals surface area contributed by atoms with E-state index in [9.17, 15) is 17.6 Å². The summed E-state index contributed by atoms with van der Waals surface area (Å²) in [5.41, 5.74) is 4.46. The molecular weight excluding hydrogens is 625 g/mol. The summed E-state index contributed by atoms with van der Waals surface area (Å²) < 4.78 is 44.0. The number of fused-ring (bicyclic) bond motifs is 2. The summed E-state index contributed by atoms with van der Waals surface area (Å²) in [5.74, 6) is 0.342. The summed E-state index contributed by atoms with van der Waals surface area (Å²) in [4.78, 5) is 13.0. The first kappa shape index (κ1) is 32.2. The lowest BCUT2D eigenvalue weighted by molar-refractivity contribution is 0.190. The van der Waals surface area contributed by atoms with Gasteiger partial charge in [-0.25, -0.2) is 22.3 Å². The second-order valence-corrected chi connectivity index (χ2v) is 15.7. The van der Waals surface area contributed by atoms with Gasteiger partial charge >= 0.3 is 6.03 Å². The Morgan fingerprint density at radius 3 is 2.22 bits per heavy atom. The molecule has 2 atom stereocenters. The van der Waals surface area contributed by atoms with Crippen LogP contribution in [0.2, 0.25) is 5.02 Å². The first-order valence-corrected chi connectivity index (χ1v) is 17.4. The molecule has 0 spiro atoms. The van der Waals surface area contributed by atoms with E-state index in [1.165, 1.54) is 6.07 Å². The van der Waals surface area contributed by atoms with Crippen LogP contribution in [0.4, 0.5) is 20.7 Å². The molecular formula is C35H39ClFN5O3S. The summed E-state index contributed by atoms with van der Waals surface area (Å²) in [6.07, 6.45) is 3.93. The predicted molar refractivity (Wildman–Crippen MR) is 180 cm³/mol. The lowest BCUT2D eigenvalue weighted by atomic mass is 9.87. The molecule has 0 radical (unpaired) electrons. The number of piperidine rings is 1. The molecule has 3 heterocycles. The summed E-state index contributed by atoms with van der Waals surface area (Å²) in [7, 11) is -3.82. The number of nitrogens with zero attached hydrogens (tertiary/aromatic N) is 3. The first-order valence-electron chi connectivity index (χ1n) is 15.6. The zero-order valence-electron chi connectivity index (χ0n) is 26.4. The molecule has 3 aromatic carbocycles. The molecule has 1 aromatic heterocycles. The maximum absolute atomic E-state index is 13.6. The van der Waals surface area contributed by atoms with E-state index in [0.717, 1.165) is 66.7 Å². The van der Waals surface area contributed by atoms with Crippen molar-refractivity contribution in [3.8, 4) is 5.69 Å². The van der Waals surface area contributed by atoms with E-state index in [-0.39, 0.29) is 33.4 Å². The Bertz CT molecular complexity index is 1840. The Balaban J connectivity index is 1.09. The van der Waals surface area contributed by atoms with Gasteiger partial charge in [-0.3, -0.25) is 5.32 Å². The van der Waals surface area contributed by atoms with Crippen molar-refractivity contribution in [3.63, 3.8) is 0 Å². The van der Waals surface area contributed by atoms with Gasteiger partial charge in [-0.05, 0) is 93.0 Å². The van der Waals surface area contributed by atoms with Crippen LogP contribution in [0.15, 0.2) is 77.7 Å². The summed E-state index contributed by atoms with van der Waals surface area (Å²) >= 11 is 6.14. The van der Waals surface area contributed by atoms with Gasteiger partial charge in [0.15, 0.2) is 0 Å². The number of carbonyl (C=O) groups is 1. The molecule has 242 valence electrons. The highest BCUT2D eigenvalue weighted by Gasteiger charge is 2.47. The third kappa shape index (κ3) is 6.70. The molecule has 2 N–H and O–H groups in total. The summed E-state index contributed by atoms with van der Waals surface area (Å²) in [5, 5.41) is 10.6. The van der Waals surface area contributed by atoms with E-state index < -0.39 is 15.8 Å². The minimum absolute atomic E-state index is 0.0349. The molecule has 2 aliphatic heterocycles. The number of anilines is 2. The number of carbonyl (C=O) groups excluding carboxylic acids is 1. The number of aromatic nitrogens is 2. The van der Waals surface area contributed by atoms with Crippen molar-refractivity contribution >= 4 is 39.2 Å². The summed E-state index contributed by atoms with van der Waals surface area (Å²) in [6, 6.07) is 20.5. The molecule has 8 nitrogen and oxygen atoms in total. The van der Waals surface area contributed by atoms with E-state index in [0.29, 0.717) is 17.4 Å². The minimum atomic E-state index is -3.82. The quantitative estimate of drug-likeness (QED) is 0.209. The van der Waals surface area contributed by atoms with Gasteiger partial charge < -0.3 is 5.32 Å². The SMILES string of the molecule is Cc1ccc(-n2nc(C(C)(C)C)cc2NC(=O)Nc2ccc(CC3CC4CCC(C3)N4S(=O)(=O)c3ccc(F)cc3Cl)cc2)cc1. The van der Waals surface area contributed by atoms with Crippen molar-refractivity contribution in [1.82, 2.24) is 14.1 Å². The van der Waals surface area contributed by atoms with Gasteiger partial charge in [-0.2, -0.15) is 9.40 Å². The van der Waals surface area contributed by atoms with Crippen LogP contribution >= 0.6 is 11.6 Å². The van der Waals surface area contributed by atoms with Gasteiger partial charge in [0.2, 0.25) is 10.0 Å². The average molecular weight is 664 g/mol. The molecule has 2 unspecified atom stereocenters. The van der Waals surface area contributed by atoms with Crippen molar-refractivity contribution in [2.45, 2.75) is 82.2 Å². The van der Waals surface area contributed by atoms with E-state index in [1.807, 2.05) is 61.5 Å². The molecule has 0 saturated carbocycles. The van der Waals surface area contributed by atoms with Crippen LogP contribution < -0.4 is 10.6 Å². The van der Waals surface area contributed by atoms with Crippen LogP contribution in [-0.4, -0.2) is 40.6 Å². The highest BCUT2D eigenvalue weighted by atomic mass is 35.5.